The number of phenolic OH excluding ortho intramolecular Hbond substituents is 1. The molecule has 1 N–H and O–H groups in total. The predicted octanol–water partition coefficient (Wildman–Crippen LogP) is 5.60. The molecule has 2 aromatic rings. The molecule has 27 heavy (non-hydrogen) atoms. The number of carbonyl (C=O) groups is 2. The van der Waals surface area contributed by atoms with Crippen molar-refractivity contribution in [3.8, 4) is 11.5 Å². The monoisotopic (exact) mass is 443 g/mol. The van der Waals surface area contributed by atoms with Gasteiger partial charge in [-0.1, -0.05) is 40.9 Å². The van der Waals surface area contributed by atoms with Gasteiger partial charge in [-0.05, 0) is 53.2 Å². The second-order valence-corrected chi connectivity index (χ2v) is 7.80. The lowest BCUT2D eigenvalue weighted by Crippen LogP contribution is -2.27. The average Bonchev–Trinajstić information content (AvgIpc) is 2.87. The molecule has 1 fully saturated rings. The maximum absolute atomic E-state index is 12.6. The fraction of sp³-hybridized carbons (Fsp3) is 0.111. The highest BCUT2D eigenvalue weighted by molar-refractivity contribution is 8.18. The molecule has 0 aromatic heterocycles. The molecule has 0 spiro atoms. The van der Waals surface area contributed by atoms with Crippen molar-refractivity contribution in [1.29, 1.82) is 0 Å². The summed E-state index contributed by atoms with van der Waals surface area (Å²) in [6, 6.07) is 7.86. The number of amides is 2. The third-order valence-corrected chi connectivity index (χ3v) is 5.57. The van der Waals surface area contributed by atoms with E-state index in [1.165, 1.54) is 25.3 Å². The predicted molar refractivity (Wildman–Crippen MR) is 108 cm³/mol. The number of thioether (sulfide) groups is 1. The minimum absolute atomic E-state index is 0.0393. The maximum Gasteiger partial charge on any atom is 0.293 e. The number of carbonyl (C=O) groups excluding carboxylic acids is 2. The van der Waals surface area contributed by atoms with Crippen LogP contribution in [0.1, 0.15) is 11.1 Å². The number of hydrogen-bond donors (Lipinski definition) is 1. The van der Waals surface area contributed by atoms with Crippen molar-refractivity contribution in [3.63, 3.8) is 0 Å². The van der Waals surface area contributed by atoms with Crippen molar-refractivity contribution in [3.05, 3.63) is 61.4 Å². The highest BCUT2D eigenvalue weighted by Gasteiger charge is 2.35. The Bertz CT molecular complexity index is 977. The third kappa shape index (κ3) is 4.19. The molecule has 0 saturated carbocycles. The summed E-state index contributed by atoms with van der Waals surface area (Å²) in [6.45, 7) is 0.0393. The first kappa shape index (κ1) is 19.9. The molecule has 1 saturated heterocycles. The molecule has 140 valence electrons. The van der Waals surface area contributed by atoms with Gasteiger partial charge in [0.05, 0.1) is 23.6 Å². The normalized spacial score (nSPS) is 15.7. The topological polar surface area (TPSA) is 66.8 Å². The number of aromatic hydroxyl groups is 1. The quantitative estimate of drug-likeness (QED) is 0.622. The Morgan fingerprint density at radius 2 is 1.89 bits per heavy atom. The van der Waals surface area contributed by atoms with Crippen molar-refractivity contribution in [2.75, 3.05) is 7.11 Å². The standard InChI is InChI=1S/C18H12Cl3NO4S/c1-26-14-5-9(4-13(21)16(14)23)6-15-17(24)22(18(25)27-15)8-10-2-3-11(19)7-12(10)20/h2-7,23H,8H2,1H3/b15-6-. The fourth-order valence-electron chi connectivity index (χ4n) is 2.44. The molecule has 0 bridgehead atoms. The number of rotatable bonds is 4. The van der Waals surface area contributed by atoms with Crippen LogP contribution in [0.5, 0.6) is 11.5 Å². The van der Waals surface area contributed by atoms with Crippen LogP contribution in [0.3, 0.4) is 0 Å². The number of nitrogens with zero attached hydrogens (tertiary/aromatic N) is 1. The molecule has 0 unspecified atom stereocenters. The second kappa shape index (κ2) is 8.02. The van der Waals surface area contributed by atoms with E-state index in [9.17, 15) is 14.7 Å². The van der Waals surface area contributed by atoms with Gasteiger partial charge in [-0.25, -0.2) is 0 Å². The summed E-state index contributed by atoms with van der Waals surface area (Å²) in [5.41, 5.74) is 1.13. The van der Waals surface area contributed by atoms with Gasteiger partial charge in [-0.2, -0.15) is 0 Å². The molecule has 0 radical (unpaired) electrons. The van der Waals surface area contributed by atoms with Gasteiger partial charge in [-0.3, -0.25) is 14.5 Å². The zero-order chi connectivity index (χ0) is 19.7. The first-order valence-electron chi connectivity index (χ1n) is 7.56. The van der Waals surface area contributed by atoms with E-state index in [2.05, 4.69) is 0 Å². The van der Waals surface area contributed by atoms with Crippen LogP contribution in [0.4, 0.5) is 4.79 Å². The Labute approximate surface area is 174 Å². The fourth-order valence-corrected chi connectivity index (χ4v) is 3.97. The summed E-state index contributed by atoms with van der Waals surface area (Å²) in [7, 11) is 1.39. The molecule has 2 aromatic carbocycles. The molecule has 9 heteroatoms. The zero-order valence-corrected chi connectivity index (χ0v) is 16.9. The highest BCUT2D eigenvalue weighted by atomic mass is 35.5. The van der Waals surface area contributed by atoms with Gasteiger partial charge in [0.25, 0.3) is 11.1 Å². The first-order valence-corrected chi connectivity index (χ1v) is 9.51. The molecule has 2 amide bonds. The van der Waals surface area contributed by atoms with Gasteiger partial charge >= 0.3 is 0 Å². The van der Waals surface area contributed by atoms with Crippen molar-refractivity contribution in [2.24, 2.45) is 0 Å². The minimum Gasteiger partial charge on any atom is -0.503 e. The molecule has 1 aliphatic rings. The summed E-state index contributed by atoms with van der Waals surface area (Å²) in [6.07, 6.45) is 1.52. The third-order valence-electron chi connectivity index (χ3n) is 3.79. The molecule has 0 atom stereocenters. The Morgan fingerprint density at radius 3 is 2.56 bits per heavy atom. The Hall–Kier alpha value is -1.86. The summed E-state index contributed by atoms with van der Waals surface area (Å²) < 4.78 is 5.04. The zero-order valence-electron chi connectivity index (χ0n) is 13.8. The summed E-state index contributed by atoms with van der Waals surface area (Å²) in [5, 5.41) is 10.3. The number of benzene rings is 2. The lowest BCUT2D eigenvalue weighted by Gasteiger charge is -2.13. The Kier molecular flexibility index (Phi) is 5.91. The molecule has 5 nitrogen and oxygen atoms in total. The van der Waals surface area contributed by atoms with Crippen molar-refractivity contribution >= 4 is 63.8 Å². The van der Waals surface area contributed by atoms with Crippen LogP contribution in [0.25, 0.3) is 6.08 Å². The summed E-state index contributed by atoms with van der Waals surface area (Å²) in [4.78, 5) is 26.3. The van der Waals surface area contributed by atoms with E-state index in [0.29, 0.717) is 21.2 Å². The number of ether oxygens (including phenoxy) is 1. The van der Waals surface area contributed by atoms with Crippen LogP contribution in [-0.2, 0) is 11.3 Å². The van der Waals surface area contributed by atoms with E-state index in [-0.39, 0.29) is 28.0 Å². The van der Waals surface area contributed by atoms with E-state index in [1.54, 1.807) is 18.2 Å². The van der Waals surface area contributed by atoms with Gasteiger partial charge < -0.3 is 9.84 Å². The number of phenols is 1. The molecule has 3 rings (SSSR count). The van der Waals surface area contributed by atoms with Crippen molar-refractivity contribution in [1.82, 2.24) is 4.90 Å². The summed E-state index contributed by atoms with van der Waals surface area (Å²) >= 11 is 18.8. The largest absolute Gasteiger partial charge is 0.503 e. The van der Waals surface area contributed by atoms with E-state index in [0.717, 1.165) is 16.7 Å². The maximum atomic E-state index is 12.6. The van der Waals surface area contributed by atoms with E-state index in [1.807, 2.05) is 0 Å². The molecule has 1 aliphatic heterocycles. The van der Waals surface area contributed by atoms with Crippen LogP contribution >= 0.6 is 46.6 Å². The number of imide groups is 1. The van der Waals surface area contributed by atoms with Gasteiger partial charge in [-0.15, -0.1) is 0 Å². The van der Waals surface area contributed by atoms with Crippen molar-refractivity contribution < 1.29 is 19.4 Å². The number of halogens is 3. The minimum atomic E-state index is -0.445. The summed E-state index contributed by atoms with van der Waals surface area (Å²) in [5.74, 6) is -0.470. The first-order chi connectivity index (χ1) is 12.8. The molecular weight excluding hydrogens is 433 g/mol. The number of hydrogen-bond acceptors (Lipinski definition) is 5. The molecule has 0 aliphatic carbocycles. The van der Waals surface area contributed by atoms with Crippen LogP contribution in [0.15, 0.2) is 35.2 Å². The van der Waals surface area contributed by atoms with Gasteiger partial charge in [0.2, 0.25) is 0 Å². The van der Waals surface area contributed by atoms with Crippen LogP contribution < -0.4 is 4.74 Å². The Balaban J connectivity index is 1.87. The highest BCUT2D eigenvalue weighted by Crippen LogP contribution is 2.38. The van der Waals surface area contributed by atoms with Gasteiger partial charge in [0, 0.05) is 10.0 Å². The second-order valence-electron chi connectivity index (χ2n) is 5.56. The molecular formula is C18H12Cl3NO4S. The van der Waals surface area contributed by atoms with Gasteiger partial charge in [0.1, 0.15) is 0 Å². The Morgan fingerprint density at radius 1 is 1.15 bits per heavy atom. The molecule has 1 heterocycles. The lowest BCUT2D eigenvalue weighted by molar-refractivity contribution is -0.123. The van der Waals surface area contributed by atoms with Gasteiger partial charge in [0.15, 0.2) is 11.5 Å². The van der Waals surface area contributed by atoms with Crippen LogP contribution in [0.2, 0.25) is 15.1 Å². The average molecular weight is 445 g/mol. The smallest absolute Gasteiger partial charge is 0.293 e. The lowest BCUT2D eigenvalue weighted by atomic mass is 10.1. The van der Waals surface area contributed by atoms with Crippen molar-refractivity contribution in [2.45, 2.75) is 6.54 Å². The van der Waals surface area contributed by atoms with E-state index in [4.69, 9.17) is 39.5 Å². The van der Waals surface area contributed by atoms with Crippen LogP contribution in [0, 0.1) is 0 Å². The van der Waals surface area contributed by atoms with E-state index >= 15 is 0 Å². The SMILES string of the molecule is COc1cc(/C=C2\SC(=O)N(Cc3ccc(Cl)cc3Cl)C2=O)cc(Cl)c1O. The van der Waals surface area contributed by atoms with E-state index < -0.39 is 11.1 Å². The number of methoxy groups -OCH3 is 1. The van der Waals surface area contributed by atoms with Crippen LogP contribution in [-0.4, -0.2) is 28.3 Å².